The van der Waals surface area contributed by atoms with E-state index in [0.717, 1.165) is 17.9 Å². The fourth-order valence-electron chi connectivity index (χ4n) is 2.67. The van der Waals surface area contributed by atoms with Crippen LogP contribution in [0, 0.1) is 12.3 Å². The average Bonchev–Trinajstić information content (AvgIpc) is 2.41. The Balaban J connectivity index is 1.90. The normalized spacial score (nSPS) is 21.3. The van der Waals surface area contributed by atoms with Gasteiger partial charge in [0, 0.05) is 25.0 Å². The number of likely N-dealkylation sites (tertiary alicyclic amines) is 1. The van der Waals surface area contributed by atoms with Crippen molar-refractivity contribution >= 4 is 0 Å². The molecule has 19 heavy (non-hydrogen) atoms. The number of aromatic nitrogens is 2. The highest BCUT2D eigenvalue weighted by molar-refractivity contribution is 5.12. The van der Waals surface area contributed by atoms with Gasteiger partial charge in [-0.1, -0.05) is 6.92 Å². The van der Waals surface area contributed by atoms with E-state index in [-0.39, 0.29) is 6.04 Å². The van der Waals surface area contributed by atoms with E-state index < -0.39 is 0 Å². The smallest absolute Gasteiger partial charge is 0.0782 e. The van der Waals surface area contributed by atoms with Gasteiger partial charge in [0.1, 0.15) is 0 Å². The highest BCUT2D eigenvalue weighted by Crippen LogP contribution is 2.30. The van der Waals surface area contributed by atoms with Crippen molar-refractivity contribution in [3.05, 3.63) is 23.8 Å². The van der Waals surface area contributed by atoms with Crippen LogP contribution in [-0.4, -0.2) is 41.5 Å². The maximum absolute atomic E-state index is 4.44. The van der Waals surface area contributed by atoms with Crippen LogP contribution in [0.2, 0.25) is 0 Å². The molecule has 2 heterocycles. The summed E-state index contributed by atoms with van der Waals surface area (Å²) in [6, 6.07) is 0.269. The lowest BCUT2D eigenvalue weighted by Gasteiger charge is -2.38. The Bertz CT molecular complexity index is 410. The molecule has 1 atom stereocenters. The molecule has 2 rings (SSSR count). The lowest BCUT2D eigenvalue weighted by molar-refractivity contribution is 0.134. The van der Waals surface area contributed by atoms with Crippen molar-refractivity contribution in [3.8, 4) is 0 Å². The zero-order valence-corrected chi connectivity index (χ0v) is 12.6. The van der Waals surface area contributed by atoms with Gasteiger partial charge in [0.2, 0.25) is 0 Å². The van der Waals surface area contributed by atoms with Crippen LogP contribution in [0.5, 0.6) is 0 Å². The highest BCUT2D eigenvalue weighted by atomic mass is 15.1. The Morgan fingerprint density at radius 1 is 1.32 bits per heavy atom. The number of piperidine rings is 1. The summed E-state index contributed by atoms with van der Waals surface area (Å²) in [7, 11) is 2.21. The van der Waals surface area contributed by atoms with Crippen LogP contribution in [0.15, 0.2) is 12.4 Å². The van der Waals surface area contributed by atoms with Crippen molar-refractivity contribution in [1.82, 2.24) is 20.2 Å². The van der Waals surface area contributed by atoms with Crippen LogP contribution in [0.3, 0.4) is 0 Å². The van der Waals surface area contributed by atoms with Gasteiger partial charge in [-0.05, 0) is 52.2 Å². The van der Waals surface area contributed by atoms with Crippen LogP contribution >= 0.6 is 0 Å². The van der Waals surface area contributed by atoms with Gasteiger partial charge in [-0.3, -0.25) is 9.97 Å². The lowest BCUT2D eigenvalue weighted by Crippen LogP contribution is -2.42. The number of hydrogen-bond donors (Lipinski definition) is 1. The number of rotatable bonds is 4. The molecule has 0 radical (unpaired) electrons. The van der Waals surface area contributed by atoms with E-state index in [2.05, 4.69) is 41.1 Å². The molecular formula is C15H26N4. The third-order valence-corrected chi connectivity index (χ3v) is 4.36. The third kappa shape index (κ3) is 3.74. The summed E-state index contributed by atoms with van der Waals surface area (Å²) in [5, 5.41) is 3.64. The minimum Gasteiger partial charge on any atom is -0.308 e. The molecule has 0 bridgehead atoms. The maximum atomic E-state index is 4.44. The number of nitrogens with zero attached hydrogens (tertiary/aromatic N) is 3. The van der Waals surface area contributed by atoms with Gasteiger partial charge in [0.15, 0.2) is 0 Å². The van der Waals surface area contributed by atoms with Crippen LogP contribution in [0.1, 0.15) is 44.1 Å². The van der Waals surface area contributed by atoms with Gasteiger partial charge >= 0.3 is 0 Å². The number of aryl methyl sites for hydroxylation is 1. The van der Waals surface area contributed by atoms with Crippen LogP contribution in [0.25, 0.3) is 0 Å². The summed E-state index contributed by atoms with van der Waals surface area (Å²) < 4.78 is 0. The Morgan fingerprint density at radius 3 is 2.58 bits per heavy atom. The molecule has 1 aliphatic heterocycles. The van der Waals surface area contributed by atoms with E-state index in [1.54, 1.807) is 12.4 Å². The van der Waals surface area contributed by atoms with Crippen molar-refractivity contribution in [2.45, 2.75) is 39.7 Å². The van der Waals surface area contributed by atoms with E-state index in [9.17, 15) is 0 Å². The molecule has 0 aliphatic carbocycles. The summed E-state index contributed by atoms with van der Waals surface area (Å²) in [4.78, 5) is 11.2. The molecule has 1 unspecified atom stereocenters. The quantitative estimate of drug-likeness (QED) is 0.903. The fraction of sp³-hybridized carbons (Fsp3) is 0.733. The minimum absolute atomic E-state index is 0.269. The first-order valence-electron chi connectivity index (χ1n) is 7.20. The highest BCUT2D eigenvalue weighted by Gasteiger charge is 2.29. The zero-order chi connectivity index (χ0) is 13.9. The van der Waals surface area contributed by atoms with Crippen molar-refractivity contribution in [3.63, 3.8) is 0 Å². The summed E-state index contributed by atoms with van der Waals surface area (Å²) >= 11 is 0. The molecule has 4 heteroatoms. The second-order valence-electron chi connectivity index (χ2n) is 6.24. The summed E-state index contributed by atoms with van der Waals surface area (Å²) in [6.45, 7) is 10.1. The van der Waals surface area contributed by atoms with Gasteiger partial charge < -0.3 is 10.2 Å². The first-order valence-corrected chi connectivity index (χ1v) is 7.20. The second-order valence-corrected chi connectivity index (χ2v) is 6.24. The minimum atomic E-state index is 0.269. The first kappa shape index (κ1) is 14.4. The Hall–Kier alpha value is -1.00. The number of hydrogen-bond acceptors (Lipinski definition) is 4. The van der Waals surface area contributed by atoms with Gasteiger partial charge in [0.25, 0.3) is 0 Å². The molecule has 0 spiro atoms. The van der Waals surface area contributed by atoms with Crippen molar-refractivity contribution in [2.24, 2.45) is 5.41 Å². The summed E-state index contributed by atoms with van der Waals surface area (Å²) in [6.07, 6.45) is 6.06. The second kappa shape index (κ2) is 5.97. The predicted octanol–water partition coefficient (Wildman–Crippen LogP) is 2.17. The Kier molecular flexibility index (Phi) is 4.53. The lowest BCUT2D eigenvalue weighted by atomic mass is 9.80. The molecule has 4 nitrogen and oxygen atoms in total. The standard InChI is InChI=1S/C15H26N4/c1-12-14(17-8-7-16-12)13(2)18-11-15(3)5-9-19(4)10-6-15/h7-8,13,18H,5-6,9-11H2,1-4H3. The van der Waals surface area contributed by atoms with Gasteiger partial charge in [-0.15, -0.1) is 0 Å². The molecule has 0 amide bonds. The molecule has 0 aromatic carbocycles. The van der Waals surface area contributed by atoms with Crippen LogP contribution in [0.4, 0.5) is 0 Å². The van der Waals surface area contributed by atoms with E-state index in [4.69, 9.17) is 0 Å². The predicted molar refractivity (Wildman–Crippen MR) is 78.0 cm³/mol. The summed E-state index contributed by atoms with van der Waals surface area (Å²) in [5.41, 5.74) is 2.51. The third-order valence-electron chi connectivity index (χ3n) is 4.36. The molecule has 1 aromatic heterocycles. The van der Waals surface area contributed by atoms with Gasteiger partial charge in [-0.25, -0.2) is 0 Å². The molecule has 0 saturated carbocycles. The summed E-state index contributed by atoms with van der Waals surface area (Å²) in [5.74, 6) is 0. The van der Waals surface area contributed by atoms with Crippen molar-refractivity contribution < 1.29 is 0 Å². The van der Waals surface area contributed by atoms with Gasteiger partial charge in [0.05, 0.1) is 11.4 Å². The van der Waals surface area contributed by atoms with Crippen molar-refractivity contribution in [2.75, 3.05) is 26.7 Å². The topological polar surface area (TPSA) is 41.1 Å². The Morgan fingerprint density at radius 2 is 1.95 bits per heavy atom. The maximum Gasteiger partial charge on any atom is 0.0782 e. The fourth-order valence-corrected chi connectivity index (χ4v) is 2.67. The molecular weight excluding hydrogens is 236 g/mol. The van der Waals surface area contributed by atoms with E-state index >= 15 is 0 Å². The van der Waals surface area contributed by atoms with E-state index in [1.165, 1.54) is 25.9 Å². The molecule has 1 fully saturated rings. The van der Waals surface area contributed by atoms with E-state index in [1.807, 2.05) is 6.92 Å². The largest absolute Gasteiger partial charge is 0.308 e. The van der Waals surface area contributed by atoms with E-state index in [0.29, 0.717) is 5.41 Å². The van der Waals surface area contributed by atoms with Crippen molar-refractivity contribution in [1.29, 1.82) is 0 Å². The SMILES string of the molecule is Cc1nccnc1C(C)NCC1(C)CCN(C)CC1. The molecule has 1 N–H and O–H groups in total. The van der Waals surface area contributed by atoms with Gasteiger partial charge in [-0.2, -0.15) is 0 Å². The van der Waals surface area contributed by atoms with Crippen LogP contribution in [-0.2, 0) is 0 Å². The molecule has 1 aromatic rings. The molecule has 106 valence electrons. The zero-order valence-electron chi connectivity index (χ0n) is 12.6. The number of nitrogens with one attached hydrogen (secondary N) is 1. The molecule has 1 saturated heterocycles. The average molecular weight is 262 g/mol. The molecule has 1 aliphatic rings. The Labute approximate surface area is 116 Å². The van der Waals surface area contributed by atoms with Crippen LogP contribution < -0.4 is 5.32 Å². The monoisotopic (exact) mass is 262 g/mol. The first-order chi connectivity index (χ1) is 9.00.